The Labute approximate surface area is 76.9 Å². The Morgan fingerprint density at radius 2 is 2.00 bits per heavy atom. The van der Waals surface area contributed by atoms with Crippen LogP contribution in [0.5, 0.6) is 0 Å². The van der Waals surface area contributed by atoms with Crippen LogP contribution in [0.1, 0.15) is 33.1 Å². The highest BCUT2D eigenvalue weighted by atomic mass is 31.0. The van der Waals surface area contributed by atoms with Crippen molar-refractivity contribution in [2.24, 2.45) is 17.3 Å². The summed E-state index contributed by atoms with van der Waals surface area (Å²) in [7, 11) is 1.17. The van der Waals surface area contributed by atoms with E-state index in [1.807, 2.05) is 0 Å². The Balaban J connectivity index is 0.000000336. The first-order chi connectivity index (χ1) is 5.62. The first kappa shape index (κ1) is 9.92. The maximum Gasteiger partial charge on any atom is 0.310 e. The molecule has 2 rings (SSSR count). The lowest BCUT2D eigenvalue weighted by Gasteiger charge is -2.31. The van der Waals surface area contributed by atoms with Crippen molar-refractivity contribution in [1.82, 2.24) is 0 Å². The van der Waals surface area contributed by atoms with Gasteiger partial charge in [-0.05, 0) is 36.5 Å². The number of rotatable bonds is 0. The van der Waals surface area contributed by atoms with Crippen LogP contribution in [0.3, 0.4) is 0 Å². The molecular weight excluding hydrogens is 167 g/mol. The van der Waals surface area contributed by atoms with Gasteiger partial charge in [-0.2, -0.15) is 0 Å². The molecule has 0 saturated heterocycles. The summed E-state index contributed by atoms with van der Waals surface area (Å²) in [6.45, 7) is 8.91. The summed E-state index contributed by atoms with van der Waals surface area (Å²) >= 11 is 0. The van der Waals surface area contributed by atoms with E-state index >= 15 is 0 Å². The van der Waals surface area contributed by atoms with Gasteiger partial charge in [0.15, 0.2) is 0 Å². The van der Waals surface area contributed by atoms with Gasteiger partial charge >= 0.3 is 9.12 Å². The molecule has 0 aliphatic heterocycles. The smallest absolute Gasteiger partial charge is 0.0990 e. The number of allylic oxidation sites excluding steroid dienone is 1. The maximum atomic E-state index is 8.17. The molecule has 2 bridgehead atoms. The van der Waals surface area contributed by atoms with Crippen molar-refractivity contribution in [3.8, 4) is 0 Å². The zero-order valence-electron chi connectivity index (χ0n) is 7.97. The lowest BCUT2D eigenvalue weighted by molar-refractivity contribution is 0.289. The summed E-state index contributed by atoms with van der Waals surface area (Å²) in [6, 6.07) is 0. The van der Waals surface area contributed by atoms with Crippen molar-refractivity contribution in [1.29, 1.82) is 0 Å². The van der Waals surface area contributed by atoms with Gasteiger partial charge in [0, 0.05) is 0 Å². The summed E-state index contributed by atoms with van der Waals surface area (Å²) in [5.74, 6) is 1.85. The highest BCUT2D eigenvalue weighted by Gasteiger charge is 2.47. The average Bonchev–Trinajstić information content (AvgIpc) is 2.60. The van der Waals surface area contributed by atoms with E-state index in [1.54, 1.807) is 0 Å². The third-order valence-corrected chi connectivity index (χ3v) is 3.77. The SMILES string of the molecule is C=C1C2CCC(C2)C1(C)C.O=[PH2+]. The van der Waals surface area contributed by atoms with Crippen LogP contribution in [0.25, 0.3) is 0 Å². The number of fused-ring (bicyclic) bond motifs is 2. The normalized spacial score (nSPS) is 36.0. The standard InChI is InChI=1S/C10H16.H2OP/c1-7-8-4-5-9(6-8)10(7,2)3;1-2/h8-9H,1,4-6H2,2-3H3;2H2/q;+1. The summed E-state index contributed by atoms with van der Waals surface area (Å²) in [5, 5.41) is 0. The average molecular weight is 185 g/mol. The van der Waals surface area contributed by atoms with E-state index in [9.17, 15) is 0 Å². The number of hydrogen-bond donors (Lipinski definition) is 0. The molecule has 3 unspecified atom stereocenters. The van der Waals surface area contributed by atoms with Crippen LogP contribution in [0.4, 0.5) is 0 Å². The van der Waals surface area contributed by atoms with Crippen LogP contribution in [0, 0.1) is 17.3 Å². The van der Waals surface area contributed by atoms with Gasteiger partial charge in [0.25, 0.3) is 0 Å². The van der Waals surface area contributed by atoms with Gasteiger partial charge in [0.2, 0.25) is 0 Å². The van der Waals surface area contributed by atoms with Crippen molar-refractivity contribution in [3.63, 3.8) is 0 Å². The number of hydrogen-bond acceptors (Lipinski definition) is 1. The van der Waals surface area contributed by atoms with Gasteiger partial charge in [0.1, 0.15) is 0 Å². The minimum atomic E-state index is 0.475. The van der Waals surface area contributed by atoms with Crippen molar-refractivity contribution in [2.45, 2.75) is 33.1 Å². The van der Waals surface area contributed by atoms with Crippen LogP contribution >= 0.6 is 9.12 Å². The quantitative estimate of drug-likeness (QED) is 0.418. The minimum Gasteiger partial charge on any atom is -0.0990 e. The van der Waals surface area contributed by atoms with Gasteiger partial charge < -0.3 is 0 Å². The molecule has 12 heavy (non-hydrogen) atoms. The van der Waals surface area contributed by atoms with Crippen molar-refractivity contribution >= 4 is 9.12 Å². The Hall–Kier alpha value is -0.160. The van der Waals surface area contributed by atoms with E-state index in [0.717, 1.165) is 11.8 Å². The summed E-state index contributed by atoms with van der Waals surface area (Å²) in [6.07, 6.45) is 4.31. The molecule has 2 aliphatic carbocycles. The fraction of sp³-hybridized carbons (Fsp3) is 0.800. The van der Waals surface area contributed by atoms with Crippen molar-refractivity contribution < 1.29 is 4.57 Å². The molecule has 0 aromatic rings. The van der Waals surface area contributed by atoms with E-state index in [1.165, 1.54) is 34.0 Å². The fourth-order valence-corrected chi connectivity index (χ4v) is 2.74. The second-order valence-corrected chi connectivity index (χ2v) is 4.45. The Kier molecular flexibility index (Phi) is 2.73. The van der Waals surface area contributed by atoms with Crippen molar-refractivity contribution in [2.75, 3.05) is 0 Å². The molecule has 2 heteroatoms. The molecule has 0 radical (unpaired) electrons. The molecule has 2 fully saturated rings. The molecule has 2 saturated carbocycles. The highest BCUT2D eigenvalue weighted by Crippen LogP contribution is 2.58. The molecule has 2 aliphatic rings. The van der Waals surface area contributed by atoms with Gasteiger partial charge in [-0.3, -0.25) is 0 Å². The monoisotopic (exact) mass is 185 g/mol. The lowest BCUT2D eigenvalue weighted by atomic mass is 9.73. The molecule has 0 aromatic carbocycles. The van der Waals surface area contributed by atoms with Gasteiger partial charge in [-0.25, -0.2) is 0 Å². The first-order valence-electron chi connectivity index (χ1n) is 4.55. The second kappa shape index (κ2) is 3.30. The minimum absolute atomic E-state index is 0.475. The summed E-state index contributed by atoms with van der Waals surface area (Å²) in [4.78, 5) is 0. The molecule has 3 atom stereocenters. The maximum absolute atomic E-state index is 8.17. The first-order valence-corrected chi connectivity index (χ1v) is 5.02. The Bertz CT molecular complexity index is 198. The Morgan fingerprint density at radius 3 is 2.25 bits per heavy atom. The van der Waals surface area contributed by atoms with Crippen molar-refractivity contribution in [3.05, 3.63) is 12.2 Å². The van der Waals surface area contributed by atoms with Crippen LogP contribution in [-0.4, -0.2) is 0 Å². The summed E-state index contributed by atoms with van der Waals surface area (Å²) < 4.78 is 8.17. The van der Waals surface area contributed by atoms with E-state index in [0.29, 0.717) is 5.41 Å². The molecule has 0 aromatic heterocycles. The zero-order valence-corrected chi connectivity index (χ0v) is 9.12. The Morgan fingerprint density at radius 1 is 1.42 bits per heavy atom. The van der Waals surface area contributed by atoms with Crippen LogP contribution in [0.15, 0.2) is 12.2 Å². The van der Waals surface area contributed by atoms with E-state index in [-0.39, 0.29) is 0 Å². The van der Waals surface area contributed by atoms with Gasteiger partial charge in [0.05, 0.1) is 0 Å². The van der Waals surface area contributed by atoms with E-state index in [2.05, 4.69) is 20.4 Å². The third-order valence-electron chi connectivity index (χ3n) is 3.77. The van der Waals surface area contributed by atoms with Gasteiger partial charge in [-0.15, -0.1) is 0 Å². The van der Waals surface area contributed by atoms with E-state index in [4.69, 9.17) is 4.57 Å². The van der Waals surface area contributed by atoms with E-state index < -0.39 is 0 Å². The molecule has 1 nitrogen and oxygen atoms in total. The largest absolute Gasteiger partial charge is 0.310 e. The molecular formula is C10H18OP+. The zero-order chi connectivity index (χ0) is 9.35. The molecule has 0 amide bonds. The van der Waals surface area contributed by atoms with Crippen LogP contribution < -0.4 is 0 Å². The predicted octanol–water partition coefficient (Wildman–Crippen LogP) is 3.21. The molecule has 0 N–H and O–H groups in total. The molecule has 0 heterocycles. The molecule has 0 spiro atoms. The lowest BCUT2D eigenvalue weighted by Crippen LogP contribution is -2.21. The van der Waals surface area contributed by atoms with Crippen LogP contribution in [-0.2, 0) is 4.57 Å². The predicted molar refractivity (Wildman–Crippen MR) is 54.1 cm³/mol. The topological polar surface area (TPSA) is 17.1 Å². The fourth-order valence-electron chi connectivity index (χ4n) is 2.74. The third kappa shape index (κ3) is 1.25. The highest BCUT2D eigenvalue weighted by molar-refractivity contribution is 7.00. The second-order valence-electron chi connectivity index (χ2n) is 4.45. The summed E-state index contributed by atoms with van der Waals surface area (Å²) in [5.41, 5.74) is 2.01. The van der Waals surface area contributed by atoms with Crippen LogP contribution in [0.2, 0.25) is 0 Å². The van der Waals surface area contributed by atoms with Gasteiger partial charge in [-0.1, -0.05) is 30.6 Å². The molecule has 68 valence electrons.